The molecule has 0 bridgehead atoms. The van der Waals surface area contributed by atoms with E-state index in [1.54, 1.807) is 30.3 Å². The van der Waals surface area contributed by atoms with Gasteiger partial charge in [-0.15, -0.1) is 0 Å². The number of fused-ring (bicyclic) bond motifs is 1. The summed E-state index contributed by atoms with van der Waals surface area (Å²) in [5.41, 5.74) is 13.7. The van der Waals surface area contributed by atoms with Crippen LogP contribution in [0.4, 0.5) is 0 Å². The molecule has 0 radical (unpaired) electrons. The Morgan fingerprint density at radius 3 is 2.05 bits per heavy atom. The zero-order valence-corrected chi connectivity index (χ0v) is 10.4. The van der Waals surface area contributed by atoms with Crippen LogP contribution in [-0.4, -0.2) is 23.6 Å². The van der Waals surface area contributed by atoms with Gasteiger partial charge in [-0.1, -0.05) is 30.3 Å². The monoisotopic (exact) mass is 272 g/mol. The second-order valence-corrected chi connectivity index (χ2v) is 4.99. The number of carbonyl (C=O) groups excluding carboxylic acids is 3. The summed E-state index contributed by atoms with van der Waals surface area (Å²) in [4.78, 5) is 39.4. The van der Waals surface area contributed by atoms with Crippen molar-refractivity contribution in [1.82, 2.24) is 0 Å². The Morgan fingerprint density at radius 1 is 1.05 bits per heavy atom. The third-order valence-electron chi connectivity index (χ3n) is 4.28. The van der Waals surface area contributed by atoms with E-state index in [1.807, 2.05) is 0 Å². The zero-order valence-electron chi connectivity index (χ0n) is 10.4. The number of hydrogen-bond acceptors (Lipinski definition) is 4. The van der Waals surface area contributed by atoms with Crippen LogP contribution in [0.25, 0.3) is 0 Å². The summed E-state index contributed by atoms with van der Waals surface area (Å²) in [6, 6.07) is 8.61. The van der Waals surface area contributed by atoms with E-state index in [1.165, 1.54) is 0 Å². The van der Waals surface area contributed by atoms with Crippen molar-refractivity contribution in [3.05, 3.63) is 35.9 Å². The Labute approximate surface area is 113 Å². The third-order valence-corrected chi connectivity index (χ3v) is 4.28. The number of benzene rings is 1. The molecular formula is C13H12N4O3. The Morgan fingerprint density at radius 2 is 1.60 bits per heavy atom. The lowest BCUT2D eigenvalue weighted by Gasteiger charge is -2.10. The van der Waals surface area contributed by atoms with Gasteiger partial charge in [0.05, 0.1) is 0 Å². The third kappa shape index (κ3) is 0.987. The summed E-state index contributed by atoms with van der Waals surface area (Å²) in [5, 5.41) is 0. The number of primary amides is 2. The molecule has 6 N–H and O–H groups in total. The summed E-state index contributed by atoms with van der Waals surface area (Å²) in [6.07, 6.45) is 0. The first-order chi connectivity index (χ1) is 9.41. The van der Waals surface area contributed by atoms with Gasteiger partial charge in [0.25, 0.3) is 5.91 Å². The van der Waals surface area contributed by atoms with E-state index in [0.717, 1.165) is 0 Å². The maximum Gasteiger partial charge on any atom is 0.265 e. The van der Waals surface area contributed by atoms with E-state index in [2.05, 4.69) is 4.99 Å². The van der Waals surface area contributed by atoms with Crippen molar-refractivity contribution < 1.29 is 14.4 Å². The van der Waals surface area contributed by atoms with Crippen LogP contribution in [-0.2, 0) is 14.4 Å². The summed E-state index contributed by atoms with van der Waals surface area (Å²) in [6.45, 7) is 0. The molecule has 7 heteroatoms. The van der Waals surface area contributed by atoms with Crippen molar-refractivity contribution >= 4 is 23.6 Å². The molecule has 3 rings (SSSR count). The van der Waals surface area contributed by atoms with Gasteiger partial charge in [-0.25, -0.2) is 0 Å². The highest BCUT2D eigenvalue weighted by atomic mass is 16.2. The summed E-state index contributed by atoms with van der Waals surface area (Å²) < 4.78 is 0. The summed E-state index contributed by atoms with van der Waals surface area (Å²) >= 11 is 0. The molecule has 0 aromatic heterocycles. The van der Waals surface area contributed by atoms with Crippen LogP contribution in [0.1, 0.15) is 11.5 Å². The van der Waals surface area contributed by atoms with Crippen LogP contribution < -0.4 is 17.2 Å². The average Bonchev–Trinajstić information content (AvgIpc) is 2.99. The maximum absolute atomic E-state index is 12.1. The number of amides is 3. The Kier molecular flexibility index (Phi) is 2.12. The molecule has 0 saturated heterocycles. The lowest BCUT2D eigenvalue weighted by molar-refractivity contribution is -0.136. The van der Waals surface area contributed by atoms with E-state index in [0.29, 0.717) is 5.56 Å². The van der Waals surface area contributed by atoms with Crippen LogP contribution >= 0.6 is 0 Å². The van der Waals surface area contributed by atoms with Crippen molar-refractivity contribution in [2.45, 2.75) is 5.92 Å². The van der Waals surface area contributed by atoms with E-state index >= 15 is 0 Å². The molecule has 1 aromatic rings. The molecule has 1 fully saturated rings. The highest BCUT2D eigenvalue weighted by Crippen LogP contribution is 2.77. The number of aliphatic imine (C=N–C) groups is 1. The molecule has 20 heavy (non-hydrogen) atoms. The standard InChI is InChI=1S/C13H12N4O3/c14-8-12(9(15)18)7(6-4-2-1-3-5-6)13(12,10(16)19)11(20)17-8/h1-5,7H,(H2,15,18)(H2,16,19)(H2,14,17,20)/t7-,12-,13+/m0/s1. The molecular weight excluding hydrogens is 260 g/mol. The molecule has 1 aliphatic carbocycles. The number of nitrogens with two attached hydrogens (primary N) is 3. The zero-order chi connectivity index (χ0) is 14.7. The highest BCUT2D eigenvalue weighted by molar-refractivity contribution is 6.33. The molecule has 1 saturated carbocycles. The maximum atomic E-state index is 12.1. The predicted octanol–water partition coefficient (Wildman–Crippen LogP) is -1.38. The van der Waals surface area contributed by atoms with Crippen molar-refractivity contribution in [2.24, 2.45) is 33.0 Å². The first-order valence-corrected chi connectivity index (χ1v) is 5.95. The lowest BCUT2D eigenvalue weighted by atomic mass is 9.92. The van der Waals surface area contributed by atoms with Crippen LogP contribution in [0.2, 0.25) is 0 Å². The fourth-order valence-electron chi connectivity index (χ4n) is 3.45. The number of amidine groups is 1. The van der Waals surface area contributed by atoms with E-state index in [9.17, 15) is 14.4 Å². The minimum absolute atomic E-state index is 0.234. The van der Waals surface area contributed by atoms with Gasteiger partial charge in [-0.05, 0) is 5.56 Å². The minimum Gasteiger partial charge on any atom is -0.386 e. The Hall–Kier alpha value is -2.70. The minimum atomic E-state index is -1.77. The molecule has 2 aliphatic rings. The molecule has 3 atom stereocenters. The van der Waals surface area contributed by atoms with Crippen molar-refractivity contribution in [1.29, 1.82) is 0 Å². The Balaban J connectivity index is 2.27. The molecule has 102 valence electrons. The molecule has 1 aliphatic heterocycles. The van der Waals surface area contributed by atoms with Gasteiger partial charge in [0.2, 0.25) is 11.8 Å². The average molecular weight is 272 g/mol. The molecule has 0 spiro atoms. The van der Waals surface area contributed by atoms with Crippen LogP contribution in [0.15, 0.2) is 35.3 Å². The quantitative estimate of drug-likeness (QED) is 0.583. The number of nitrogens with zero attached hydrogens (tertiary/aromatic N) is 1. The first kappa shape index (κ1) is 12.3. The molecule has 1 aromatic carbocycles. The normalized spacial score (nSPS) is 34.3. The highest BCUT2D eigenvalue weighted by Gasteiger charge is 2.91. The first-order valence-electron chi connectivity index (χ1n) is 5.95. The fraction of sp³-hybridized carbons (Fsp3) is 0.231. The molecule has 3 amide bonds. The van der Waals surface area contributed by atoms with E-state index in [-0.39, 0.29) is 5.84 Å². The van der Waals surface area contributed by atoms with E-state index in [4.69, 9.17) is 17.2 Å². The number of hydrogen-bond donors (Lipinski definition) is 3. The van der Waals surface area contributed by atoms with Crippen molar-refractivity contribution in [3.8, 4) is 0 Å². The van der Waals surface area contributed by atoms with Crippen LogP contribution in [0.3, 0.4) is 0 Å². The van der Waals surface area contributed by atoms with Gasteiger partial charge < -0.3 is 17.2 Å². The molecule has 1 heterocycles. The summed E-state index contributed by atoms with van der Waals surface area (Å²) in [5.74, 6) is -3.61. The number of carbonyl (C=O) groups is 3. The SMILES string of the molecule is NC(=O)[C@]12C(=O)N=C(N)[C@]1(C(N)=O)[C@@H]2c1ccccc1. The van der Waals surface area contributed by atoms with Crippen LogP contribution in [0.5, 0.6) is 0 Å². The molecule has 7 nitrogen and oxygen atoms in total. The van der Waals surface area contributed by atoms with Gasteiger partial charge in [0, 0.05) is 5.92 Å². The number of rotatable bonds is 3. The molecule has 0 unspecified atom stereocenters. The van der Waals surface area contributed by atoms with E-state index < -0.39 is 34.5 Å². The van der Waals surface area contributed by atoms with Gasteiger partial charge in [0.1, 0.15) is 11.3 Å². The van der Waals surface area contributed by atoms with Gasteiger partial charge in [0.15, 0.2) is 5.41 Å². The smallest absolute Gasteiger partial charge is 0.265 e. The summed E-state index contributed by atoms with van der Waals surface area (Å²) in [7, 11) is 0. The van der Waals surface area contributed by atoms with Crippen molar-refractivity contribution in [3.63, 3.8) is 0 Å². The van der Waals surface area contributed by atoms with Gasteiger partial charge in [-0.3, -0.25) is 14.4 Å². The predicted molar refractivity (Wildman–Crippen MR) is 69.1 cm³/mol. The topological polar surface area (TPSA) is 142 Å². The van der Waals surface area contributed by atoms with Gasteiger partial charge in [-0.2, -0.15) is 4.99 Å². The van der Waals surface area contributed by atoms with Crippen LogP contribution in [0, 0.1) is 10.8 Å². The second-order valence-electron chi connectivity index (χ2n) is 4.99. The van der Waals surface area contributed by atoms with Gasteiger partial charge >= 0.3 is 0 Å². The largest absolute Gasteiger partial charge is 0.386 e. The van der Waals surface area contributed by atoms with Crippen molar-refractivity contribution in [2.75, 3.05) is 0 Å². The fourth-order valence-corrected chi connectivity index (χ4v) is 3.45. The second kappa shape index (κ2) is 3.44. The lowest BCUT2D eigenvalue weighted by Crippen LogP contribution is -2.43. The Bertz CT molecular complexity index is 684.